The molecule has 4 N–H and O–H groups in total. The maximum Gasteiger partial charge on any atom is 2.00 e. The number of aromatic amines is 4. The molecule has 14 nitrogen and oxygen atoms in total. The quantitative estimate of drug-likeness (QED) is 0.0947. The van der Waals surface area contributed by atoms with Crippen molar-refractivity contribution >= 4 is 113 Å². The minimum atomic E-state index is -5.04. The number of rotatable bonds is 10. The predicted octanol–water partition coefficient (Wildman–Crippen LogP) is 20.5. The molecule has 0 spiro atoms. The molecule has 6 aromatic heterocycles. The van der Waals surface area contributed by atoms with Gasteiger partial charge in [-0.05, 0) is 130 Å². The fourth-order valence-electron chi connectivity index (χ4n) is 14.2. The van der Waals surface area contributed by atoms with Gasteiger partial charge in [-0.15, -0.1) is 0 Å². The third-order valence-electron chi connectivity index (χ3n) is 18.7. The first kappa shape index (κ1) is 66.8. The number of benzene rings is 8. The van der Waals surface area contributed by atoms with Crippen molar-refractivity contribution in [3.63, 3.8) is 0 Å². The summed E-state index contributed by atoms with van der Waals surface area (Å²) in [6.45, 7) is 0. The molecule has 0 aliphatic carbocycles. The number of nitrogens with one attached hydrogen (secondary N) is 4. The number of hydrogen-bond donors (Lipinski definition) is 4. The molecule has 8 aromatic carbocycles. The van der Waals surface area contributed by atoms with E-state index in [1.165, 1.54) is 0 Å². The predicted molar refractivity (Wildman–Crippen MR) is 417 cm³/mol. The Labute approximate surface area is 614 Å². The molecular formula is C88H58CoN8O6S2. The summed E-state index contributed by atoms with van der Waals surface area (Å²) in [5.41, 5.74) is 22.2. The fraction of sp³-hybridized carbons (Fsp3) is 0. The standard InChI is InChI=1S/2C44H30N4O3S.Co/c2*49-52(50,51)44-38-26-25-36(47-38)41(30-17-9-3-10-18-30)34-22-21-33(45-34)40(29-15-7-2-8-16-29)35-23-24-37(46-35)42(31-19-11-4-12-20-31)43-32(27-39(44)48-43)28-13-5-1-6-14-28;/h2*1-27,45,48H,(H,49,50,51);/q;;+2/p-2. The van der Waals surface area contributed by atoms with Crippen molar-refractivity contribution in [1.29, 1.82) is 0 Å². The summed E-state index contributed by atoms with van der Waals surface area (Å²) in [5.74, 6) is 0. The van der Waals surface area contributed by atoms with E-state index in [1.807, 2.05) is 267 Å². The number of fused-ring (bicyclic) bond motifs is 16. The SMILES string of the molecule is O=S(=O)([O-])c1c2nc(c(-c3ccccc3)c3ccc([nH]3)c(-c3ccccc3)c3nc(c(-c4ccccc4)c4[nH]c1cc4-c1ccccc1)C=C3)C=C2.O=S(=O)([O-])c1c2nc(c(-c3ccccc3)c3ccc([nH]3)c(-c3ccccc3)c3nc(c(-c4ccccc4)c4[nH]c1cc4-c1ccccc1)C=C3)C=C2.[Co+2]. The molecule has 507 valence electrons. The minimum Gasteiger partial charge on any atom is -0.744 e. The molecule has 1 radical (unpaired) electrons. The molecule has 0 saturated heterocycles. The van der Waals surface area contributed by atoms with Crippen LogP contribution in [0.1, 0.15) is 45.6 Å². The summed E-state index contributed by atoms with van der Waals surface area (Å²) < 4.78 is 79.6. The summed E-state index contributed by atoms with van der Waals surface area (Å²) in [6.07, 6.45) is 14.7. The molecule has 10 heterocycles. The summed E-state index contributed by atoms with van der Waals surface area (Å²) in [4.78, 5) is 33.5. The number of H-pyrrole nitrogens is 4. The van der Waals surface area contributed by atoms with E-state index >= 15 is 0 Å². The molecule has 0 fully saturated rings. The third kappa shape index (κ3) is 12.9. The second-order valence-corrected chi connectivity index (χ2v) is 27.8. The average Bonchev–Trinajstić information content (AvgIpc) is 1.61. The van der Waals surface area contributed by atoms with E-state index in [2.05, 4.69) is 44.2 Å². The Morgan fingerprint density at radius 2 is 0.429 bits per heavy atom. The van der Waals surface area contributed by atoms with Crippen LogP contribution in [0.5, 0.6) is 0 Å². The van der Waals surface area contributed by atoms with Gasteiger partial charge in [-0.25, -0.2) is 36.8 Å². The van der Waals surface area contributed by atoms with Crippen LogP contribution in [-0.2, 0) is 37.0 Å². The van der Waals surface area contributed by atoms with Crippen LogP contribution in [0, 0.1) is 0 Å². The van der Waals surface area contributed by atoms with E-state index in [9.17, 15) is 25.9 Å². The van der Waals surface area contributed by atoms with Gasteiger partial charge >= 0.3 is 16.8 Å². The second kappa shape index (κ2) is 27.9. The van der Waals surface area contributed by atoms with E-state index in [-0.39, 0.29) is 39.2 Å². The van der Waals surface area contributed by atoms with Gasteiger partial charge in [-0.3, -0.25) is 0 Å². The van der Waals surface area contributed by atoms with E-state index in [0.717, 1.165) is 111 Å². The summed E-state index contributed by atoms with van der Waals surface area (Å²) in [7, 11) is -10.1. The first-order valence-corrected chi connectivity index (χ1v) is 36.4. The van der Waals surface area contributed by atoms with Gasteiger partial charge in [0.15, 0.2) is 0 Å². The Morgan fingerprint density at radius 1 is 0.229 bits per heavy atom. The fourth-order valence-corrected chi connectivity index (χ4v) is 15.7. The van der Waals surface area contributed by atoms with Gasteiger partial charge in [0, 0.05) is 66.6 Å². The van der Waals surface area contributed by atoms with Crippen LogP contribution in [0.4, 0.5) is 0 Å². The Kier molecular flexibility index (Phi) is 17.8. The molecule has 14 aromatic rings. The molecule has 16 bridgehead atoms. The van der Waals surface area contributed by atoms with E-state index in [4.69, 9.17) is 19.9 Å². The molecular weight excluding hydrogens is 1390 g/mol. The Balaban J connectivity index is 0.000000160. The van der Waals surface area contributed by atoms with Gasteiger partial charge in [-0.1, -0.05) is 243 Å². The monoisotopic (exact) mass is 1450 g/mol. The van der Waals surface area contributed by atoms with Crippen LogP contribution < -0.4 is 0 Å². The smallest absolute Gasteiger partial charge is 0.744 e. The largest absolute Gasteiger partial charge is 2.00 e. The van der Waals surface area contributed by atoms with Crippen molar-refractivity contribution in [2.45, 2.75) is 9.79 Å². The Morgan fingerprint density at radius 3 is 0.667 bits per heavy atom. The first-order valence-electron chi connectivity index (χ1n) is 33.6. The summed E-state index contributed by atoms with van der Waals surface area (Å²) in [5, 5.41) is 0. The van der Waals surface area contributed by atoms with Crippen molar-refractivity contribution in [1.82, 2.24) is 39.9 Å². The van der Waals surface area contributed by atoms with E-state index < -0.39 is 30.0 Å². The molecule has 4 aliphatic rings. The van der Waals surface area contributed by atoms with Crippen molar-refractivity contribution in [3.05, 3.63) is 325 Å². The van der Waals surface area contributed by atoms with E-state index in [1.54, 1.807) is 36.4 Å². The molecule has 105 heavy (non-hydrogen) atoms. The molecule has 0 amide bonds. The van der Waals surface area contributed by atoms with Gasteiger partial charge < -0.3 is 29.0 Å². The Hall–Kier alpha value is -12.7. The molecule has 0 saturated carbocycles. The molecule has 0 atom stereocenters. The van der Waals surface area contributed by atoms with Crippen molar-refractivity contribution < 1.29 is 42.7 Å². The van der Waals surface area contributed by atoms with Crippen LogP contribution in [0.15, 0.2) is 289 Å². The van der Waals surface area contributed by atoms with Crippen LogP contribution in [0.3, 0.4) is 0 Å². The zero-order valence-corrected chi connectivity index (χ0v) is 58.2. The van der Waals surface area contributed by atoms with Crippen molar-refractivity contribution in [2.75, 3.05) is 0 Å². The zero-order valence-electron chi connectivity index (χ0n) is 55.6. The summed E-state index contributed by atoms with van der Waals surface area (Å²) >= 11 is 0. The average molecular weight is 1450 g/mol. The molecule has 0 unspecified atom stereocenters. The minimum absolute atomic E-state index is 0. The van der Waals surface area contributed by atoms with Gasteiger partial charge in [0.05, 0.1) is 67.6 Å². The third-order valence-corrected chi connectivity index (χ3v) is 20.5. The topological polar surface area (TPSA) is 229 Å². The maximum atomic E-state index is 13.3. The zero-order chi connectivity index (χ0) is 70.5. The summed E-state index contributed by atoms with van der Waals surface area (Å²) in [6, 6.07) is 90.5. The van der Waals surface area contributed by atoms with Crippen molar-refractivity contribution in [3.8, 4) is 89.0 Å². The van der Waals surface area contributed by atoms with Gasteiger partial charge in [0.1, 0.15) is 30.0 Å². The number of aromatic nitrogens is 8. The van der Waals surface area contributed by atoms with Crippen LogP contribution >= 0.6 is 0 Å². The molecule has 4 aliphatic heterocycles. The van der Waals surface area contributed by atoms with Gasteiger partial charge in [0.2, 0.25) is 0 Å². The van der Waals surface area contributed by atoms with Gasteiger partial charge in [0.25, 0.3) is 0 Å². The first-order chi connectivity index (χ1) is 50.8. The van der Waals surface area contributed by atoms with Gasteiger partial charge in [-0.2, -0.15) is 0 Å². The van der Waals surface area contributed by atoms with Crippen molar-refractivity contribution in [2.24, 2.45) is 0 Å². The normalized spacial score (nSPS) is 12.2. The van der Waals surface area contributed by atoms with Crippen LogP contribution in [0.2, 0.25) is 0 Å². The number of hydrogen-bond acceptors (Lipinski definition) is 10. The molecule has 17 heteroatoms. The number of nitrogens with zero attached hydrogens (tertiary/aromatic N) is 4. The van der Waals surface area contributed by atoms with Crippen LogP contribution in [0.25, 0.3) is 182 Å². The molecule has 18 rings (SSSR count). The maximum absolute atomic E-state index is 13.3. The van der Waals surface area contributed by atoms with Crippen LogP contribution in [-0.4, -0.2) is 65.8 Å². The second-order valence-electron chi connectivity index (χ2n) is 25.1. The Bertz CT molecular complexity index is 6090. The van der Waals surface area contributed by atoms with E-state index in [0.29, 0.717) is 44.9 Å².